The van der Waals surface area contributed by atoms with Gasteiger partial charge in [-0.05, 0) is 52.0 Å². The van der Waals surface area contributed by atoms with Gasteiger partial charge in [0.15, 0.2) is 23.9 Å². The molecule has 1 aliphatic heterocycles. The van der Waals surface area contributed by atoms with Gasteiger partial charge >= 0.3 is 5.97 Å². The van der Waals surface area contributed by atoms with Crippen LogP contribution in [0.1, 0.15) is 54.0 Å². The van der Waals surface area contributed by atoms with E-state index in [0.717, 1.165) is 0 Å². The van der Waals surface area contributed by atoms with Gasteiger partial charge in [0.25, 0.3) is 5.91 Å². The van der Waals surface area contributed by atoms with Gasteiger partial charge in [0.1, 0.15) is 13.2 Å². The van der Waals surface area contributed by atoms with E-state index in [4.69, 9.17) is 14.2 Å². The first kappa shape index (κ1) is 22.3. The molecule has 164 valence electrons. The predicted octanol–water partition coefficient (Wildman–Crippen LogP) is 3.49. The van der Waals surface area contributed by atoms with Crippen LogP contribution in [0, 0.1) is 0 Å². The highest BCUT2D eigenvalue weighted by atomic mass is 16.6. The highest BCUT2D eigenvalue weighted by Gasteiger charge is 2.24. The maximum atomic E-state index is 13.1. The summed E-state index contributed by atoms with van der Waals surface area (Å²) in [5.41, 5.74) is 0.670. The topological polar surface area (TPSA) is 82.1 Å². The zero-order valence-corrected chi connectivity index (χ0v) is 18.2. The number of rotatable bonds is 7. The van der Waals surface area contributed by atoms with E-state index in [-0.39, 0.29) is 41.5 Å². The van der Waals surface area contributed by atoms with Gasteiger partial charge in [-0.2, -0.15) is 0 Å². The summed E-state index contributed by atoms with van der Waals surface area (Å²) in [4.78, 5) is 40.0. The van der Waals surface area contributed by atoms with Crippen molar-refractivity contribution >= 4 is 17.7 Å². The monoisotopic (exact) mass is 425 g/mol. The Balaban J connectivity index is 1.77. The number of nitrogens with zero attached hydrogens (tertiary/aromatic N) is 1. The molecule has 0 saturated heterocycles. The van der Waals surface area contributed by atoms with E-state index in [9.17, 15) is 14.4 Å². The lowest BCUT2D eigenvalue weighted by atomic mass is 9.98. The maximum Gasteiger partial charge on any atom is 0.339 e. The summed E-state index contributed by atoms with van der Waals surface area (Å²) in [6.45, 7) is 8.09. The predicted molar refractivity (Wildman–Crippen MR) is 115 cm³/mol. The Morgan fingerprint density at radius 2 is 1.52 bits per heavy atom. The van der Waals surface area contributed by atoms with Crippen LogP contribution in [-0.4, -0.2) is 54.5 Å². The summed E-state index contributed by atoms with van der Waals surface area (Å²) in [5.74, 6) is -0.280. The highest BCUT2D eigenvalue weighted by molar-refractivity contribution is 6.14. The lowest BCUT2D eigenvalue weighted by molar-refractivity contribution is -0.138. The highest BCUT2D eigenvalue weighted by Crippen LogP contribution is 2.31. The number of hydrogen-bond acceptors (Lipinski definition) is 6. The van der Waals surface area contributed by atoms with E-state index in [2.05, 4.69) is 0 Å². The van der Waals surface area contributed by atoms with Crippen molar-refractivity contribution in [1.29, 1.82) is 0 Å². The maximum absolute atomic E-state index is 13.1. The summed E-state index contributed by atoms with van der Waals surface area (Å²) >= 11 is 0. The summed E-state index contributed by atoms with van der Waals surface area (Å²) in [6, 6.07) is 11.3. The molecule has 31 heavy (non-hydrogen) atoms. The van der Waals surface area contributed by atoms with Gasteiger partial charge in [0.2, 0.25) is 0 Å². The van der Waals surface area contributed by atoms with Crippen LogP contribution in [0.4, 0.5) is 0 Å². The first-order chi connectivity index (χ1) is 14.8. The molecule has 0 N–H and O–H groups in total. The van der Waals surface area contributed by atoms with Gasteiger partial charge in [-0.15, -0.1) is 0 Å². The summed E-state index contributed by atoms with van der Waals surface area (Å²) in [7, 11) is 0. The Labute approximate surface area is 181 Å². The molecular weight excluding hydrogens is 398 g/mol. The molecule has 3 rings (SSSR count). The molecule has 2 aromatic rings. The minimum atomic E-state index is -0.720. The zero-order chi connectivity index (χ0) is 22.5. The number of hydrogen-bond donors (Lipinski definition) is 0. The normalized spacial score (nSPS) is 12.6. The molecule has 0 aliphatic carbocycles. The van der Waals surface area contributed by atoms with E-state index in [1.807, 2.05) is 27.7 Å². The molecule has 0 saturated carbocycles. The molecule has 1 aliphatic rings. The van der Waals surface area contributed by atoms with Crippen LogP contribution >= 0.6 is 0 Å². The largest absolute Gasteiger partial charge is 0.486 e. The molecular formula is C24H27NO6. The lowest BCUT2D eigenvalue weighted by Gasteiger charge is -2.30. The van der Waals surface area contributed by atoms with Crippen LogP contribution in [-0.2, 0) is 9.53 Å². The number of fused-ring (bicyclic) bond motifs is 1. The Hall–Kier alpha value is -3.35. The van der Waals surface area contributed by atoms with Crippen molar-refractivity contribution in [3.05, 3.63) is 59.2 Å². The number of benzene rings is 2. The van der Waals surface area contributed by atoms with Crippen molar-refractivity contribution in [2.24, 2.45) is 0 Å². The number of esters is 1. The molecule has 7 nitrogen and oxygen atoms in total. The third kappa shape index (κ3) is 5.05. The van der Waals surface area contributed by atoms with Crippen LogP contribution in [0.3, 0.4) is 0 Å². The number of carbonyl (C=O) groups is 3. The average Bonchev–Trinajstić information content (AvgIpc) is 2.76. The second-order valence-electron chi connectivity index (χ2n) is 7.80. The second-order valence-corrected chi connectivity index (χ2v) is 7.80. The Bertz CT molecular complexity index is 974. The van der Waals surface area contributed by atoms with Crippen LogP contribution in [0.15, 0.2) is 42.5 Å². The standard InChI is InChI=1S/C24H27NO6/c1-15(2)25(16(3)4)22(26)14-31-24(28)19-8-6-5-7-18(19)23(27)17-9-10-20-21(13-17)30-12-11-29-20/h5-10,13,15-16H,11-12,14H2,1-4H3. The van der Waals surface area contributed by atoms with E-state index in [1.54, 1.807) is 41.3 Å². The fraction of sp³-hybridized carbons (Fsp3) is 0.375. The van der Waals surface area contributed by atoms with E-state index in [0.29, 0.717) is 30.3 Å². The van der Waals surface area contributed by atoms with E-state index >= 15 is 0 Å². The second kappa shape index (κ2) is 9.64. The Kier molecular flexibility index (Phi) is 6.95. The van der Waals surface area contributed by atoms with Gasteiger partial charge in [-0.3, -0.25) is 9.59 Å². The first-order valence-electron chi connectivity index (χ1n) is 10.3. The van der Waals surface area contributed by atoms with Gasteiger partial charge < -0.3 is 19.1 Å². The van der Waals surface area contributed by atoms with E-state index < -0.39 is 5.97 Å². The van der Waals surface area contributed by atoms with Gasteiger partial charge in [0, 0.05) is 23.2 Å². The molecule has 7 heteroatoms. The number of amides is 1. The lowest BCUT2D eigenvalue weighted by Crippen LogP contribution is -2.44. The third-order valence-electron chi connectivity index (χ3n) is 4.92. The molecule has 0 aromatic heterocycles. The van der Waals surface area contributed by atoms with Crippen molar-refractivity contribution in [3.8, 4) is 11.5 Å². The molecule has 0 radical (unpaired) electrons. The van der Waals surface area contributed by atoms with Gasteiger partial charge in [0.05, 0.1) is 5.56 Å². The number of ketones is 1. The van der Waals surface area contributed by atoms with Crippen molar-refractivity contribution in [2.45, 2.75) is 39.8 Å². The molecule has 2 aromatic carbocycles. The summed E-state index contributed by atoms with van der Waals surface area (Å²) in [6.07, 6.45) is 0. The molecule has 0 atom stereocenters. The quantitative estimate of drug-likeness (QED) is 0.499. The minimum Gasteiger partial charge on any atom is -0.486 e. The van der Waals surface area contributed by atoms with Crippen molar-refractivity contribution < 1.29 is 28.6 Å². The molecule has 1 amide bonds. The fourth-order valence-corrected chi connectivity index (χ4v) is 3.65. The van der Waals surface area contributed by atoms with Crippen LogP contribution in [0.2, 0.25) is 0 Å². The molecule has 0 unspecified atom stereocenters. The molecule has 0 spiro atoms. The summed E-state index contributed by atoms with van der Waals surface area (Å²) < 4.78 is 16.3. The third-order valence-corrected chi connectivity index (χ3v) is 4.92. The molecule has 0 bridgehead atoms. The smallest absolute Gasteiger partial charge is 0.339 e. The summed E-state index contributed by atoms with van der Waals surface area (Å²) in [5, 5.41) is 0. The average molecular weight is 425 g/mol. The van der Waals surface area contributed by atoms with Crippen LogP contribution < -0.4 is 9.47 Å². The Morgan fingerprint density at radius 1 is 0.903 bits per heavy atom. The van der Waals surface area contributed by atoms with Crippen LogP contribution in [0.5, 0.6) is 11.5 Å². The van der Waals surface area contributed by atoms with E-state index in [1.165, 1.54) is 6.07 Å². The SMILES string of the molecule is CC(C)N(C(=O)COC(=O)c1ccccc1C(=O)c1ccc2c(c1)OCCO2)C(C)C. The fourth-order valence-electron chi connectivity index (χ4n) is 3.65. The number of ether oxygens (including phenoxy) is 3. The minimum absolute atomic E-state index is 0.0183. The van der Waals surface area contributed by atoms with Crippen LogP contribution in [0.25, 0.3) is 0 Å². The molecule has 1 heterocycles. The van der Waals surface area contributed by atoms with Crippen molar-refractivity contribution in [1.82, 2.24) is 4.90 Å². The molecule has 0 fully saturated rings. The Morgan fingerprint density at radius 3 is 2.16 bits per heavy atom. The van der Waals surface area contributed by atoms with Crippen molar-refractivity contribution in [3.63, 3.8) is 0 Å². The first-order valence-corrected chi connectivity index (χ1v) is 10.3. The van der Waals surface area contributed by atoms with Gasteiger partial charge in [-0.1, -0.05) is 18.2 Å². The zero-order valence-electron chi connectivity index (χ0n) is 18.2. The van der Waals surface area contributed by atoms with Gasteiger partial charge in [-0.25, -0.2) is 4.79 Å². The number of carbonyl (C=O) groups excluding carboxylic acids is 3. The van der Waals surface area contributed by atoms with Crippen molar-refractivity contribution in [2.75, 3.05) is 19.8 Å².